The number of rotatable bonds is 5. The minimum absolute atomic E-state index is 0.0207. The van der Waals surface area contributed by atoms with E-state index >= 15 is 0 Å². The van der Waals surface area contributed by atoms with E-state index in [1.165, 1.54) is 16.2 Å². The van der Waals surface area contributed by atoms with Gasteiger partial charge in [-0.15, -0.1) is 22.7 Å². The molecule has 1 amide bonds. The number of carbonyl (C=O) groups excluding carboxylic acids is 1. The molecule has 0 radical (unpaired) electrons. The summed E-state index contributed by atoms with van der Waals surface area (Å²) in [4.78, 5) is 14.0. The number of amides is 1. The van der Waals surface area contributed by atoms with Crippen LogP contribution in [0.15, 0.2) is 51.9 Å². The van der Waals surface area contributed by atoms with Crippen LogP contribution in [0.3, 0.4) is 0 Å². The Morgan fingerprint density at radius 3 is 2.95 bits per heavy atom. The predicted octanol–water partition coefficient (Wildman–Crippen LogP) is 3.79. The highest BCUT2D eigenvalue weighted by Crippen LogP contribution is 2.23. The second kappa shape index (κ2) is 6.55. The van der Waals surface area contributed by atoms with Crippen LogP contribution in [0.25, 0.3) is 0 Å². The van der Waals surface area contributed by atoms with E-state index in [2.05, 4.69) is 32.4 Å². The van der Waals surface area contributed by atoms with Crippen molar-refractivity contribution in [3.05, 3.63) is 61.6 Å². The van der Waals surface area contributed by atoms with Crippen LogP contribution in [0.4, 0.5) is 0 Å². The highest BCUT2D eigenvalue weighted by Gasteiger charge is 2.17. The van der Waals surface area contributed by atoms with Gasteiger partial charge in [0, 0.05) is 33.7 Å². The van der Waals surface area contributed by atoms with Crippen molar-refractivity contribution in [2.45, 2.75) is 6.04 Å². The standard InChI is InChI=1S/C14H12BrN3OS2/c15-10-7-13(21-9-10)14(19)16-8-11(12-3-1-6-20-12)18-5-2-4-17-18/h1-7,9,11H,8H2,(H,16,19). The SMILES string of the molecule is O=C(NCC(c1cccs1)n1cccn1)c1cc(Br)cs1. The molecule has 0 saturated carbocycles. The predicted molar refractivity (Wildman–Crippen MR) is 89.0 cm³/mol. The van der Waals surface area contributed by atoms with Gasteiger partial charge in [0.15, 0.2) is 0 Å². The summed E-state index contributed by atoms with van der Waals surface area (Å²) in [5.74, 6) is -0.0561. The largest absolute Gasteiger partial charge is 0.349 e. The lowest BCUT2D eigenvalue weighted by atomic mass is 10.2. The molecule has 21 heavy (non-hydrogen) atoms. The fourth-order valence-corrected chi connectivity index (χ4v) is 4.14. The number of hydrogen-bond donors (Lipinski definition) is 1. The Kier molecular flexibility index (Phi) is 4.52. The topological polar surface area (TPSA) is 46.9 Å². The molecule has 7 heteroatoms. The number of carbonyl (C=O) groups is 1. The van der Waals surface area contributed by atoms with Gasteiger partial charge in [-0.2, -0.15) is 5.10 Å². The van der Waals surface area contributed by atoms with Crippen molar-refractivity contribution in [1.82, 2.24) is 15.1 Å². The van der Waals surface area contributed by atoms with Gasteiger partial charge in [0.25, 0.3) is 5.91 Å². The molecule has 3 rings (SSSR count). The van der Waals surface area contributed by atoms with Crippen LogP contribution in [0.5, 0.6) is 0 Å². The lowest BCUT2D eigenvalue weighted by molar-refractivity contribution is 0.0953. The molecule has 1 unspecified atom stereocenters. The quantitative estimate of drug-likeness (QED) is 0.730. The molecule has 108 valence electrons. The molecule has 0 aromatic carbocycles. The molecular weight excluding hydrogens is 370 g/mol. The molecule has 3 heterocycles. The zero-order valence-corrected chi connectivity index (χ0v) is 14.1. The van der Waals surface area contributed by atoms with Crippen LogP contribution in [0.1, 0.15) is 20.6 Å². The summed E-state index contributed by atoms with van der Waals surface area (Å²) < 4.78 is 2.80. The number of aromatic nitrogens is 2. The molecule has 0 aliphatic heterocycles. The molecule has 3 aromatic heterocycles. The van der Waals surface area contributed by atoms with Crippen LogP contribution in [-0.2, 0) is 0 Å². The van der Waals surface area contributed by atoms with Crippen LogP contribution in [0, 0.1) is 0 Å². The maximum absolute atomic E-state index is 12.2. The summed E-state index contributed by atoms with van der Waals surface area (Å²) in [6.45, 7) is 0.510. The van der Waals surface area contributed by atoms with Gasteiger partial charge in [0.1, 0.15) is 6.04 Å². The maximum Gasteiger partial charge on any atom is 0.261 e. The smallest absolute Gasteiger partial charge is 0.261 e. The number of thiophene rings is 2. The zero-order chi connectivity index (χ0) is 14.7. The van der Waals surface area contributed by atoms with Gasteiger partial charge in [0.2, 0.25) is 0 Å². The highest BCUT2D eigenvalue weighted by molar-refractivity contribution is 9.10. The monoisotopic (exact) mass is 381 g/mol. The number of halogens is 1. The first-order valence-corrected chi connectivity index (χ1v) is 8.84. The lowest BCUT2D eigenvalue weighted by Crippen LogP contribution is -2.30. The van der Waals surface area contributed by atoms with E-state index in [9.17, 15) is 4.79 Å². The molecule has 0 spiro atoms. The van der Waals surface area contributed by atoms with Crippen LogP contribution >= 0.6 is 38.6 Å². The molecule has 0 aliphatic rings. The Labute approximate surface area is 138 Å². The minimum Gasteiger partial charge on any atom is -0.349 e. The van der Waals surface area contributed by atoms with E-state index < -0.39 is 0 Å². The third-order valence-electron chi connectivity index (χ3n) is 2.96. The molecule has 0 aliphatic carbocycles. The maximum atomic E-state index is 12.2. The van der Waals surface area contributed by atoms with E-state index in [4.69, 9.17) is 0 Å². The van der Waals surface area contributed by atoms with Crippen molar-refractivity contribution in [3.63, 3.8) is 0 Å². The van der Waals surface area contributed by atoms with Crippen molar-refractivity contribution in [3.8, 4) is 0 Å². The van der Waals surface area contributed by atoms with Crippen LogP contribution in [0.2, 0.25) is 0 Å². The van der Waals surface area contributed by atoms with E-state index in [1.54, 1.807) is 17.5 Å². The molecule has 0 saturated heterocycles. The molecule has 3 aromatic rings. The first-order valence-electron chi connectivity index (χ1n) is 6.29. The Morgan fingerprint density at radius 1 is 1.43 bits per heavy atom. The summed E-state index contributed by atoms with van der Waals surface area (Å²) in [6.07, 6.45) is 3.66. The number of hydrogen-bond acceptors (Lipinski definition) is 4. The average molecular weight is 382 g/mol. The van der Waals surface area contributed by atoms with Crippen molar-refractivity contribution in [2.24, 2.45) is 0 Å². The third kappa shape index (κ3) is 3.42. The van der Waals surface area contributed by atoms with Crippen LogP contribution < -0.4 is 5.32 Å². The third-order valence-corrected chi connectivity index (χ3v) is 5.63. The first kappa shape index (κ1) is 14.5. The van der Waals surface area contributed by atoms with Crippen molar-refractivity contribution in [2.75, 3.05) is 6.54 Å². The van der Waals surface area contributed by atoms with Gasteiger partial charge in [0.05, 0.1) is 4.88 Å². The van der Waals surface area contributed by atoms with Gasteiger partial charge in [-0.25, -0.2) is 0 Å². The number of nitrogens with one attached hydrogen (secondary N) is 1. The van der Waals surface area contributed by atoms with E-state index in [1.807, 2.05) is 39.8 Å². The van der Waals surface area contributed by atoms with Gasteiger partial charge in [-0.1, -0.05) is 6.07 Å². The van der Waals surface area contributed by atoms with E-state index in [0.717, 1.165) is 4.47 Å². The Balaban J connectivity index is 1.72. The summed E-state index contributed by atoms with van der Waals surface area (Å²) in [5, 5.41) is 11.2. The Hall–Kier alpha value is -1.44. The second-order valence-corrected chi connectivity index (χ2v) is 7.16. The summed E-state index contributed by atoms with van der Waals surface area (Å²) >= 11 is 6.45. The fourth-order valence-electron chi connectivity index (χ4n) is 1.98. The fraction of sp³-hybridized carbons (Fsp3) is 0.143. The van der Waals surface area contributed by atoms with Gasteiger partial charge in [-0.05, 0) is 39.5 Å². The van der Waals surface area contributed by atoms with E-state index in [-0.39, 0.29) is 11.9 Å². The molecule has 0 bridgehead atoms. The van der Waals surface area contributed by atoms with Gasteiger partial charge < -0.3 is 5.32 Å². The summed E-state index contributed by atoms with van der Waals surface area (Å²) in [5.41, 5.74) is 0. The Bertz CT molecular complexity index is 672. The van der Waals surface area contributed by atoms with Gasteiger partial charge in [-0.3, -0.25) is 9.48 Å². The number of nitrogens with zero attached hydrogens (tertiary/aromatic N) is 2. The summed E-state index contributed by atoms with van der Waals surface area (Å²) in [6, 6.07) is 7.80. The summed E-state index contributed by atoms with van der Waals surface area (Å²) in [7, 11) is 0. The Morgan fingerprint density at radius 2 is 2.33 bits per heavy atom. The van der Waals surface area contributed by atoms with Crippen molar-refractivity contribution in [1.29, 1.82) is 0 Å². The molecule has 1 atom stereocenters. The molecule has 4 nitrogen and oxygen atoms in total. The van der Waals surface area contributed by atoms with Crippen molar-refractivity contribution >= 4 is 44.5 Å². The van der Waals surface area contributed by atoms with E-state index in [0.29, 0.717) is 11.4 Å². The van der Waals surface area contributed by atoms with Gasteiger partial charge >= 0.3 is 0 Å². The minimum atomic E-state index is -0.0561. The highest BCUT2D eigenvalue weighted by atomic mass is 79.9. The second-order valence-electron chi connectivity index (χ2n) is 4.36. The molecule has 0 fully saturated rings. The van der Waals surface area contributed by atoms with Crippen molar-refractivity contribution < 1.29 is 4.79 Å². The zero-order valence-electron chi connectivity index (χ0n) is 10.9. The first-order chi connectivity index (χ1) is 10.2. The molecular formula is C14H12BrN3OS2. The van der Waals surface area contributed by atoms with Crippen LogP contribution in [-0.4, -0.2) is 22.2 Å². The lowest BCUT2D eigenvalue weighted by Gasteiger charge is -2.16. The molecule has 1 N–H and O–H groups in total. The average Bonchev–Trinajstić information content (AvgIpc) is 3.21. The normalized spacial score (nSPS) is 12.2.